The van der Waals surface area contributed by atoms with Crippen molar-refractivity contribution in [1.29, 1.82) is 0 Å². The summed E-state index contributed by atoms with van der Waals surface area (Å²) in [6, 6.07) is 3.25. The van der Waals surface area contributed by atoms with E-state index in [4.69, 9.17) is 5.73 Å². The third-order valence-corrected chi connectivity index (χ3v) is 1.97. The molecular formula is C10H14F2N2. The Kier molecular flexibility index (Phi) is 3.98. The van der Waals surface area contributed by atoms with Gasteiger partial charge in [0.1, 0.15) is 11.6 Å². The third kappa shape index (κ3) is 2.75. The molecule has 0 fully saturated rings. The number of likely N-dealkylation sites (N-methyl/N-ethyl adjacent to an activating group) is 1. The predicted octanol–water partition coefficient (Wildman–Crippen LogP) is 1.57. The molecule has 4 heteroatoms. The average Bonchev–Trinajstić information content (AvgIpc) is 2.12. The number of halogens is 2. The van der Waals surface area contributed by atoms with Crippen molar-refractivity contribution < 1.29 is 8.78 Å². The molecule has 2 nitrogen and oxygen atoms in total. The number of hydrogen-bond donors (Lipinski definition) is 2. The lowest BCUT2D eigenvalue weighted by Crippen LogP contribution is -2.28. The van der Waals surface area contributed by atoms with Gasteiger partial charge in [-0.3, -0.25) is 0 Å². The SMILES string of the molecule is CCNC(CN)c1cc(F)cc(F)c1. The fraction of sp³-hybridized carbons (Fsp3) is 0.400. The van der Waals surface area contributed by atoms with E-state index >= 15 is 0 Å². The minimum Gasteiger partial charge on any atom is -0.329 e. The van der Waals surface area contributed by atoms with E-state index in [1.54, 1.807) is 0 Å². The van der Waals surface area contributed by atoms with E-state index in [9.17, 15) is 8.78 Å². The van der Waals surface area contributed by atoms with E-state index in [1.807, 2.05) is 6.92 Å². The largest absolute Gasteiger partial charge is 0.329 e. The van der Waals surface area contributed by atoms with Gasteiger partial charge in [0.25, 0.3) is 0 Å². The van der Waals surface area contributed by atoms with Crippen LogP contribution in [0.1, 0.15) is 18.5 Å². The zero-order chi connectivity index (χ0) is 10.6. The summed E-state index contributed by atoms with van der Waals surface area (Å²) in [5.74, 6) is -1.15. The van der Waals surface area contributed by atoms with Crippen molar-refractivity contribution in [3.8, 4) is 0 Å². The van der Waals surface area contributed by atoms with Crippen LogP contribution >= 0.6 is 0 Å². The Bertz CT molecular complexity index is 282. The summed E-state index contributed by atoms with van der Waals surface area (Å²) in [6.07, 6.45) is 0. The highest BCUT2D eigenvalue weighted by atomic mass is 19.1. The lowest BCUT2D eigenvalue weighted by molar-refractivity contribution is 0.537. The van der Waals surface area contributed by atoms with Gasteiger partial charge in [-0.05, 0) is 24.2 Å². The molecule has 0 aliphatic heterocycles. The molecule has 78 valence electrons. The Balaban J connectivity index is 2.91. The van der Waals surface area contributed by atoms with Crippen molar-refractivity contribution in [1.82, 2.24) is 5.32 Å². The molecule has 0 bridgehead atoms. The average molecular weight is 200 g/mol. The second-order valence-corrected chi connectivity index (χ2v) is 3.05. The molecule has 1 aromatic rings. The topological polar surface area (TPSA) is 38.0 Å². The first-order valence-corrected chi connectivity index (χ1v) is 4.56. The fourth-order valence-corrected chi connectivity index (χ4v) is 1.36. The van der Waals surface area contributed by atoms with Crippen LogP contribution < -0.4 is 11.1 Å². The highest BCUT2D eigenvalue weighted by Crippen LogP contribution is 2.15. The van der Waals surface area contributed by atoms with Gasteiger partial charge in [-0.15, -0.1) is 0 Å². The molecule has 0 radical (unpaired) electrons. The van der Waals surface area contributed by atoms with Gasteiger partial charge in [0.2, 0.25) is 0 Å². The molecule has 1 aromatic carbocycles. The van der Waals surface area contributed by atoms with Crippen molar-refractivity contribution in [3.05, 3.63) is 35.4 Å². The molecule has 1 atom stereocenters. The molecule has 0 saturated carbocycles. The predicted molar refractivity (Wildman–Crippen MR) is 51.8 cm³/mol. The first-order valence-electron chi connectivity index (χ1n) is 4.56. The van der Waals surface area contributed by atoms with Gasteiger partial charge in [0, 0.05) is 18.7 Å². The zero-order valence-electron chi connectivity index (χ0n) is 8.06. The molecule has 14 heavy (non-hydrogen) atoms. The summed E-state index contributed by atoms with van der Waals surface area (Å²) in [5, 5.41) is 3.04. The fourth-order valence-electron chi connectivity index (χ4n) is 1.36. The van der Waals surface area contributed by atoms with Gasteiger partial charge in [0.15, 0.2) is 0 Å². The van der Waals surface area contributed by atoms with Gasteiger partial charge in [0.05, 0.1) is 0 Å². The summed E-state index contributed by atoms with van der Waals surface area (Å²) in [6.45, 7) is 2.94. The van der Waals surface area contributed by atoms with E-state index in [0.717, 1.165) is 6.07 Å². The first kappa shape index (κ1) is 11.1. The van der Waals surface area contributed by atoms with Crippen LogP contribution in [0, 0.1) is 11.6 Å². The monoisotopic (exact) mass is 200 g/mol. The van der Waals surface area contributed by atoms with Crippen LogP contribution in [0.2, 0.25) is 0 Å². The zero-order valence-corrected chi connectivity index (χ0v) is 8.06. The summed E-state index contributed by atoms with van der Waals surface area (Å²) < 4.78 is 25.7. The molecule has 0 aliphatic rings. The molecule has 1 rings (SSSR count). The number of rotatable bonds is 4. The second kappa shape index (κ2) is 5.02. The summed E-state index contributed by atoms with van der Waals surface area (Å²) in [7, 11) is 0. The summed E-state index contributed by atoms with van der Waals surface area (Å²) >= 11 is 0. The van der Waals surface area contributed by atoms with Crippen molar-refractivity contribution in [2.24, 2.45) is 5.73 Å². The number of nitrogens with two attached hydrogens (primary N) is 1. The smallest absolute Gasteiger partial charge is 0.126 e. The van der Waals surface area contributed by atoms with Crippen LogP contribution in [-0.4, -0.2) is 13.1 Å². The van der Waals surface area contributed by atoms with E-state index in [2.05, 4.69) is 5.32 Å². The Morgan fingerprint density at radius 3 is 2.29 bits per heavy atom. The quantitative estimate of drug-likeness (QED) is 0.774. The van der Waals surface area contributed by atoms with E-state index < -0.39 is 11.6 Å². The minimum absolute atomic E-state index is 0.190. The number of hydrogen-bond acceptors (Lipinski definition) is 2. The molecule has 0 amide bonds. The molecule has 0 heterocycles. The van der Waals surface area contributed by atoms with Crippen LogP contribution in [-0.2, 0) is 0 Å². The van der Waals surface area contributed by atoms with Gasteiger partial charge in [-0.1, -0.05) is 6.92 Å². The third-order valence-electron chi connectivity index (χ3n) is 1.97. The van der Waals surface area contributed by atoms with E-state index in [1.165, 1.54) is 12.1 Å². The minimum atomic E-state index is -0.573. The van der Waals surface area contributed by atoms with Crippen LogP contribution in [0.15, 0.2) is 18.2 Å². The van der Waals surface area contributed by atoms with Gasteiger partial charge < -0.3 is 11.1 Å². The molecular weight excluding hydrogens is 186 g/mol. The van der Waals surface area contributed by atoms with Crippen molar-refractivity contribution in [3.63, 3.8) is 0 Å². The van der Waals surface area contributed by atoms with Gasteiger partial charge in [-0.25, -0.2) is 8.78 Å². The lowest BCUT2D eigenvalue weighted by Gasteiger charge is -2.16. The number of benzene rings is 1. The van der Waals surface area contributed by atoms with Crippen LogP contribution in [0.3, 0.4) is 0 Å². The highest BCUT2D eigenvalue weighted by molar-refractivity contribution is 5.21. The van der Waals surface area contributed by atoms with Crippen LogP contribution in [0.5, 0.6) is 0 Å². The van der Waals surface area contributed by atoms with Crippen molar-refractivity contribution >= 4 is 0 Å². The maximum absolute atomic E-state index is 12.9. The molecule has 1 unspecified atom stereocenters. The van der Waals surface area contributed by atoms with E-state index in [0.29, 0.717) is 18.7 Å². The van der Waals surface area contributed by atoms with E-state index in [-0.39, 0.29) is 6.04 Å². The molecule has 0 spiro atoms. The van der Waals surface area contributed by atoms with Gasteiger partial charge >= 0.3 is 0 Å². The van der Waals surface area contributed by atoms with Gasteiger partial charge in [-0.2, -0.15) is 0 Å². The van der Waals surface area contributed by atoms with Crippen LogP contribution in [0.25, 0.3) is 0 Å². The summed E-state index contributed by atoms with van der Waals surface area (Å²) in [4.78, 5) is 0. The molecule has 3 N–H and O–H groups in total. The summed E-state index contributed by atoms with van der Waals surface area (Å²) in [5.41, 5.74) is 6.03. The molecule has 0 aliphatic carbocycles. The Morgan fingerprint density at radius 2 is 1.86 bits per heavy atom. The molecule has 0 aromatic heterocycles. The normalized spacial score (nSPS) is 12.9. The number of nitrogens with one attached hydrogen (secondary N) is 1. The van der Waals surface area contributed by atoms with Crippen molar-refractivity contribution in [2.75, 3.05) is 13.1 Å². The van der Waals surface area contributed by atoms with Crippen molar-refractivity contribution in [2.45, 2.75) is 13.0 Å². The molecule has 0 saturated heterocycles. The van der Waals surface area contributed by atoms with Crippen LogP contribution in [0.4, 0.5) is 8.78 Å². The Labute approximate surface area is 82.1 Å². The maximum atomic E-state index is 12.9. The lowest BCUT2D eigenvalue weighted by atomic mass is 10.1. The Morgan fingerprint density at radius 1 is 1.29 bits per heavy atom. The Hall–Kier alpha value is -1.00. The standard InChI is InChI=1S/C10H14F2N2/c1-2-14-10(6-13)7-3-8(11)5-9(12)4-7/h3-5,10,14H,2,6,13H2,1H3. The highest BCUT2D eigenvalue weighted by Gasteiger charge is 2.10. The maximum Gasteiger partial charge on any atom is 0.126 e. The first-order chi connectivity index (χ1) is 6.67. The second-order valence-electron chi connectivity index (χ2n) is 3.05.